The normalized spacial score (nSPS) is 15.8. The average Bonchev–Trinajstić information content (AvgIpc) is 3.45. The van der Waals surface area contributed by atoms with Crippen molar-refractivity contribution in [3.63, 3.8) is 0 Å². The number of hydrogen-bond donors (Lipinski definition) is 2. The van der Waals surface area contributed by atoms with Crippen LogP contribution in [0.2, 0.25) is 0 Å². The van der Waals surface area contributed by atoms with Crippen LogP contribution >= 0.6 is 0 Å². The van der Waals surface area contributed by atoms with Gasteiger partial charge in [0.1, 0.15) is 12.1 Å². The van der Waals surface area contributed by atoms with Gasteiger partial charge in [-0.25, -0.2) is 4.98 Å². The number of nitrogens with zero attached hydrogens (tertiary/aromatic N) is 3. The molecule has 0 saturated carbocycles. The minimum Gasteiger partial charge on any atom is -0.468 e. The number of hydrogen-bond acceptors (Lipinski definition) is 5. The van der Waals surface area contributed by atoms with Crippen LogP contribution in [0.4, 0.5) is 0 Å². The summed E-state index contributed by atoms with van der Waals surface area (Å²) in [5, 5.41) is 9.72. The highest BCUT2D eigenvalue weighted by Gasteiger charge is 2.26. The second kappa shape index (κ2) is 7.53. The Hall–Kier alpha value is -2.93. The van der Waals surface area contributed by atoms with Gasteiger partial charge in [0.15, 0.2) is 5.82 Å². The van der Waals surface area contributed by atoms with E-state index in [1.54, 1.807) is 12.3 Å². The van der Waals surface area contributed by atoms with E-state index in [1.165, 1.54) is 19.2 Å². The minimum atomic E-state index is -0.109. The van der Waals surface area contributed by atoms with E-state index in [-0.39, 0.29) is 11.9 Å². The van der Waals surface area contributed by atoms with Crippen LogP contribution in [0.1, 0.15) is 35.0 Å². The fraction of sp³-hybridized carbons (Fsp3) is 0.316. The number of aromatic nitrogens is 3. The van der Waals surface area contributed by atoms with Gasteiger partial charge in [0, 0.05) is 17.7 Å². The molecule has 1 unspecified atom stereocenters. The maximum Gasteiger partial charge on any atom is 0.251 e. The van der Waals surface area contributed by atoms with Gasteiger partial charge in [-0.1, -0.05) is 12.1 Å². The largest absolute Gasteiger partial charge is 0.468 e. The zero-order valence-electron chi connectivity index (χ0n) is 14.4. The predicted octanol–water partition coefficient (Wildman–Crippen LogP) is 2.63. The monoisotopic (exact) mass is 351 g/mol. The minimum absolute atomic E-state index is 0.0638. The molecule has 2 aromatic heterocycles. The van der Waals surface area contributed by atoms with Crippen LogP contribution in [0, 0.1) is 0 Å². The van der Waals surface area contributed by atoms with E-state index in [1.807, 2.05) is 30.3 Å². The average molecular weight is 351 g/mol. The van der Waals surface area contributed by atoms with Gasteiger partial charge in [0.05, 0.1) is 12.3 Å². The molecule has 3 heterocycles. The molecule has 1 fully saturated rings. The summed E-state index contributed by atoms with van der Waals surface area (Å²) in [6, 6.07) is 11.3. The molecule has 1 aromatic carbocycles. The predicted molar refractivity (Wildman–Crippen MR) is 96.4 cm³/mol. The third-order valence-corrected chi connectivity index (χ3v) is 4.72. The van der Waals surface area contributed by atoms with Crippen molar-refractivity contribution in [1.29, 1.82) is 0 Å². The number of carbonyl (C=O) groups excluding carboxylic acids is 1. The number of H-pyrrole nitrogens is 1. The smallest absolute Gasteiger partial charge is 0.251 e. The lowest BCUT2D eigenvalue weighted by atomic mass is 10.1. The van der Waals surface area contributed by atoms with Gasteiger partial charge in [-0.3, -0.25) is 14.8 Å². The molecule has 7 nitrogen and oxygen atoms in total. The number of benzene rings is 1. The van der Waals surface area contributed by atoms with Crippen LogP contribution in [-0.2, 0) is 0 Å². The second-order valence-electron chi connectivity index (χ2n) is 6.40. The fourth-order valence-electron chi connectivity index (χ4n) is 3.39. The highest BCUT2D eigenvalue weighted by Crippen LogP contribution is 2.25. The number of amides is 1. The fourth-order valence-corrected chi connectivity index (χ4v) is 3.39. The van der Waals surface area contributed by atoms with Crippen LogP contribution in [0.25, 0.3) is 11.4 Å². The first kappa shape index (κ1) is 16.5. The summed E-state index contributed by atoms with van der Waals surface area (Å²) in [5.74, 6) is 1.43. The van der Waals surface area contributed by atoms with Gasteiger partial charge in [-0.15, -0.1) is 0 Å². The summed E-state index contributed by atoms with van der Waals surface area (Å²) in [6.45, 7) is 2.57. The van der Waals surface area contributed by atoms with Crippen LogP contribution in [0.15, 0.2) is 53.4 Å². The Bertz CT molecular complexity index is 839. The van der Waals surface area contributed by atoms with Crippen molar-refractivity contribution in [1.82, 2.24) is 25.4 Å². The molecule has 0 spiro atoms. The van der Waals surface area contributed by atoms with E-state index in [0.717, 1.165) is 24.4 Å². The molecule has 1 aliphatic heterocycles. The van der Waals surface area contributed by atoms with E-state index in [0.29, 0.717) is 17.9 Å². The Labute approximate surface area is 151 Å². The van der Waals surface area contributed by atoms with E-state index in [2.05, 4.69) is 25.4 Å². The van der Waals surface area contributed by atoms with Crippen molar-refractivity contribution in [3.05, 3.63) is 60.3 Å². The van der Waals surface area contributed by atoms with Crippen molar-refractivity contribution >= 4 is 5.91 Å². The third-order valence-electron chi connectivity index (χ3n) is 4.72. The Kier molecular flexibility index (Phi) is 4.79. The van der Waals surface area contributed by atoms with Crippen molar-refractivity contribution in [3.8, 4) is 11.4 Å². The Balaban J connectivity index is 1.46. The summed E-state index contributed by atoms with van der Waals surface area (Å²) in [5.41, 5.74) is 1.43. The molecule has 1 aliphatic rings. The first-order chi connectivity index (χ1) is 12.8. The summed E-state index contributed by atoms with van der Waals surface area (Å²) < 4.78 is 5.60. The van der Waals surface area contributed by atoms with E-state index in [4.69, 9.17) is 4.42 Å². The molecule has 2 N–H and O–H groups in total. The highest BCUT2D eigenvalue weighted by molar-refractivity contribution is 5.95. The molecule has 0 radical (unpaired) electrons. The van der Waals surface area contributed by atoms with Gasteiger partial charge in [0.25, 0.3) is 5.91 Å². The van der Waals surface area contributed by atoms with Gasteiger partial charge in [0.2, 0.25) is 0 Å². The molecule has 26 heavy (non-hydrogen) atoms. The van der Waals surface area contributed by atoms with Crippen molar-refractivity contribution < 1.29 is 9.21 Å². The van der Waals surface area contributed by atoms with Gasteiger partial charge >= 0.3 is 0 Å². The van der Waals surface area contributed by atoms with Crippen LogP contribution in [0.3, 0.4) is 0 Å². The quantitative estimate of drug-likeness (QED) is 0.713. The van der Waals surface area contributed by atoms with E-state index >= 15 is 0 Å². The van der Waals surface area contributed by atoms with Gasteiger partial charge < -0.3 is 9.73 Å². The Morgan fingerprint density at radius 1 is 1.27 bits per heavy atom. The number of likely N-dealkylation sites (tertiary alicyclic amines) is 1. The summed E-state index contributed by atoms with van der Waals surface area (Å²) in [4.78, 5) is 19.1. The summed E-state index contributed by atoms with van der Waals surface area (Å²) >= 11 is 0. The number of rotatable bonds is 6. The maximum absolute atomic E-state index is 12.6. The molecule has 1 atom stereocenters. The van der Waals surface area contributed by atoms with Crippen molar-refractivity contribution in [2.45, 2.75) is 18.9 Å². The van der Waals surface area contributed by atoms with E-state index in [9.17, 15) is 4.79 Å². The maximum atomic E-state index is 12.6. The second-order valence-corrected chi connectivity index (χ2v) is 6.40. The molecular weight excluding hydrogens is 330 g/mol. The lowest BCUT2D eigenvalue weighted by Gasteiger charge is -2.26. The molecule has 4 rings (SSSR count). The zero-order valence-corrected chi connectivity index (χ0v) is 14.4. The number of nitrogens with one attached hydrogen (secondary N) is 2. The molecular formula is C19H21N5O2. The first-order valence-electron chi connectivity index (χ1n) is 8.83. The van der Waals surface area contributed by atoms with E-state index < -0.39 is 0 Å². The molecule has 134 valence electrons. The standard InChI is InChI=1S/C19H21N5O2/c25-19(15-6-3-5-14(11-15)18-21-13-22-23-18)20-12-16(17-7-4-10-26-17)24-8-1-2-9-24/h3-7,10-11,13,16H,1-2,8-9,12H2,(H,20,25)(H,21,22,23). The Morgan fingerprint density at radius 2 is 2.15 bits per heavy atom. The van der Waals surface area contributed by atoms with Crippen molar-refractivity contribution in [2.75, 3.05) is 19.6 Å². The molecule has 3 aromatic rings. The van der Waals surface area contributed by atoms with Crippen molar-refractivity contribution in [2.24, 2.45) is 0 Å². The Morgan fingerprint density at radius 3 is 2.88 bits per heavy atom. The summed E-state index contributed by atoms with van der Waals surface area (Å²) in [7, 11) is 0. The third kappa shape index (κ3) is 3.52. The van der Waals surface area contributed by atoms with Gasteiger partial charge in [-0.05, 0) is 50.2 Å². The number of furan rings is 1. The van der Waals surface area contributed by atoms with Gasteiger partial charge in [-0.2, -0.15) is 5.10 Å². The highest BCUT2D eigenvalue weighted by atomic mass is 16.3. The topological polar surface area (TPSA) is 87.1 Å². The van der Waals surface area contributed by atoms with Crippen LogP contribution in [0.5, 0.6) is 0 Å². The lowest BCUT2D eigenvalue weighted by molar-refractivity contribution is 0.0934. The SMILES string of the molecule is O=C(NCC(c1ccco1)N1CCCC1)c1cccc(-c2ncn[nH]2)c1. The van der Waals surface area contributed by atoms with Crippen LogP contribution in [-0.4, -0.2) is 45.6 Å². The number of aromatic amines is 1. The van der Waals surface area contributed by atoms with Crippen LogP contribution < -0.4 is 5.32 Å². The molecule has 7 heteroatoms. The molecule has 0 bridgehead atoms. The number of carbonyl (C=O) groups is 1. The molecule has 1 amide bonds. The molecule has 0 aliphatic carbocycles. The summed E-state index contributed by atoms with van der Waals surface area (Å²) in [6.07, 6.45) is 5.50. The molecule has 1 saturated heterocycles. The zero-order chi connectivity index (χ0) is 17.8. The first-order valence-corrected chi connectivity index (χ1v) is 8.83. The lowest BCUT2D eigenvalue weighted by Crippen LogP contribution is -2.36.